The van der Waals surface area contributed by atoms with Gasteiger partial charge in [-0.25, -0.2) is 0 Å². The minimum absolute atomic E-state index is 0.0352. The third-order valence-electron chi connectivity index (χ3n) is 3.44. The number of nitrogen functional groups attached to an aromatic ring is 1. The number of aryl methyl sites for hydroxylation is 1. The fraction of sp³-hybridized carbons (Fsp3) is 0.125. The van der Waals surface area contributed by atoms with Crippen molar-refractivity contribution in [1.29, 1.82) is 0 Å². The predicted molar refractivity (Wildman–Crippen MR) is 83.9 cm³/mol. The van der Waals surface area contributed by atoms with Gasteiger partial charge in [0.15, 0.2) is 0 Å². The van der Waals surface area contributed by atoms with E-state index in [1.54, 1.807) is 6.20 Å². The fourth-order valence-electron chi connectivity index (χ4n) is 2.30. The summed E-state index contributed by atoms with van der Waals surface area (Å²) >= 11 is 0. The van der Waals surface area contributed by atoms with Gasteiger partial charge in [0, 0.05) is 17.5 Å². The number of hydrogen-bond acceptors (Lipinski definition) is 3. The predicted octanol–water partition coefficient (Wildman–Crippen LogP) is 2.72. The molecule has 0 bridgehead atoms. The van der Waals surface area contributed by atoms with Crippen LogP contribution in [0.1, 0.15) is 12.0 Å². The second-order valence-electron chi connectivity index (χ2n) is 4.88. The van der Waals surface area contributed by atoms with Crippen molar-refractivity contribution >= 4 is 28.2 Å². The molecule has 0 radical (unpaired) electrons. The Morgan fingerprint density at radius 1 is 1.19 bits per heavy atom. The summed E-state index contributed by atoms with van der Waals surface area (Å²) in [7, 11) is 0. The zero-order chi connectivity index (χ0) is 14.7. The van der Waals surface area contributed by atoms with Crippen LogP contribution in [0.4, 0.5) is 11.4 Å². The van der Waals surface area contributed by atoms with Crippen molar-refractivity contribution in [2.75, 3.05) is 11.1 Å². The lowest BCUT2D eigenvalue weighted by Crippen LogP contribution is -2.12. The quantitative estimate of drug-likeness (QED) is 0.642. The SMILES string of the molecule is Nc1ccccc1CCC(=O)Nc1cccc2[nH]ncc12. The Morgan fingerprint density at radius 2 is 2.05 bits per heavy atom. The molecule has 2 aromatic carbocycles. The van der Waals surface area contributed by atoms with Crippen molar-refractivity contribution in [3.8, 4) is 0 Å². The molecule has 0 atom stereocenters. The second-order valence-corrected chi connectivity index (χ2v) is 4.88. The Hall–Kier alpha value is -2.82. The van der Waals surface area contributed by atoms with Gasteiger partial charge in [0.05, 0.1) is 17.4 Å². The van der Waals surface area contributed by atoms with E-state index >= 15 is 0 Å². The maximum Gasteiger partial charge on any atom is 0.224 e. The van der Waals surface area contributed by atoms with Crippen LogP contribution < -0.4 is 11.1 Å². The summed E-state index contributed by atoms with van der Waals surface area (Å²) in [5.41, 5.74) is 9.27. The Kier molecular flexibility index (Phi) is 3.55. The maximum absolute atomic E-state index is 12.1. The van der Waals surface area contributed by atoms with Crippen LogP contribution in [0.3, 0.4) is 0 Å². The largest absolute Gasteiger partial charge is 0.399 e. The highest BCUT2D eigenvalue weighted by atomic mass is 16.1. The van der Waals surface area contributed by atoms with E-state index in [1.165, 1.54) is 0 Å². The highest BCUT2D eigenvalue weighted by molar-refractivity contribution is 6.00. The fourth-order valence-corrected chi connectivity index (χ4v) is 2.30. The molecule has 21 heavy (non-hydrogen) atoms. The van der Waals surface area contributed by atoms with Gasteiger partial charge >= 0.3 is 0 Å². The zero-order valence-electron chi connectivity index (χ0n) is 11.5. The van der Waals surface area contributed by atoms with Gasteiger partial charge in [0.2, 0.25) is 5.91 Å². The molecular formula is C16H16N4O. The molecule has 5 heteroatoms. The first-order valence-electron chi connectivity index (χ1n) is 6.79. The lowest BCUT2D eigenvalue weighted by Gasteiger charge is -2.07. The number of nitrogens with zero attached hydrogens (tertiary/aromatic N) is 1. The number of anilines is 2. The van der Waals surface area contributed by atoms with E-state index in [0.717, 1.165) is 27.8 Å². The first kappa shape index (κ1) is 13.2. The average Bonchev–Trinajstić information content (AvgIpc) is 2.96. The van der Waals surface area contributed by atoms with Crippen LogP contribution in [-0.4, -0.2) is 16.1 Å². The number of amides is 1. The highest BCUT2D eigenvalue weighted by Gasteiger charge is 2.08. The van der Waals surface area contributed by atoms with Crippen molar-refractivity contribution in [3.05, 3.63) is 54.2 Å². The molecular weight excluding hydrogens is 264 g/mol. The minimum Gasteiger partial charge on any atom is -0.399 e. The lowest BCUT2D eigenvalue weighted by atomic mass is 10.1. The molecule has 0 spiro atoms. The van der Waals surface area contributed by atoms with Gasteiger partial charge in [-0.05, 0) is 30.2 Å². The van der Waals surface area contributed by atoms with Crippen molar-refractivity contribution in [1.82, 2.24) is 10.2 Å². The van der Waals surface area contributed by atoms with Crippen molar-refractivity contribution in [3.63, 3.8) is 0 Å². The Balaban J connectivity index is 1.67. The zero-order valence-corrected chi connectivity index (χ0v) is 11.5. The van der Waals surface area contributed by atoms with E-state index in [1.807, 2.05) is 42.5 Å². The van der Waals surface area contributed by atoms with Gasteiger partial charge in [-0.15, -0.1) is 0 Å². The first-order chi connectivity index (χ1) is 10.2. The van der Waals surface area contributed by atoms with Crippen molar-refractivity contribution in [2.24, 2.45) is 0 Å². The van der Waals surface area contributed by atoms with E-state index in [2.05, 4.69) is 15.5 Å². The van der Waals surface area contributed by atoms with Crippen LogP contribution in [0.5, 0.6) is 0 Å². The van der Waals surface area contributed by atoms with Gasteiger partial charge in [-0.2, -0.15) is 5.10 Å². The summed E-state index contributed by atoms with van der Waals surface area (Å²) in [6.07, 6.45) is 2.72. The lowest BCUT2D eigenvalue weighted by molar-refractivity contribution is -0.116. The molecule has 1 heterocycles. The van der Waals surface area contributed by atoms with E-state index in [4.69, 9.17) is 5.73 Å². The molecule has 0 saturated carbocycles. The Labute approximate surface area is 122 Å². The molecule has 4 N–H and O–H groups in total. The van der Waals surface area contributed by atoms with Gasteiger partial charge in [-0.1, -0.05) is 24.3 Å². The minimum atomic E-state index is -0.0352. The van der Waals surface area contributed by atoms with Gasteiger partial charge in [0.1, 0.15) is 0 Å². The number of benzene rings is 2. The topological polar surface area (TPSA) is 83.8 Å². The molecule has 3 rings (SSSR count). The molecule has 0 aliphatic carbocycles. The third-order valence-corrected chi connectivity index (χ3v) is 3.44. The maximum atomic E-state index is 12.1. The number of carbonyl (C=O) groups is 1. The molecule has 0 aliphatic heterocycles. The Bertz CT molecular complexity index is 779. The molecule has 106 valence electrons. The van der Waals surface area contributed by atoms with Crippen LogP contribution in [0.2, 0.25) is 0 Å². The molecule has 1 aromatic heterocycles. The third kappa shape index (κ3) is 2.86. The summed E-state index contributed by atoms with van der Waals surface area (Å²) in [5.74, 6) is -0.0352. The van der Waals surface area contributed by atoms with Crippen LogP contribution >= 0.6 is 0 Å². The number of rotatable bonds is 4. The van der Waals surface area contributed by atoms with Gasteiger partial charge in [-0.3, -0.25) is 9.89 Å². The van der Waals surface area contributed by atoms with E-state index in [-0.39, 0.29) is 5.91 Å². The second kappa shape index (κ2) is 5.66. The number of H-pyrrole nitrogens is 1. The number of nitrogens with two attached hydrogens (primary N) is 1. The van der Waals surface area contributed by atoms with Crippen molar-refractivity contribution in [2.45, 2.75) is 12.8 Å². The summed E-state index contributed by atoms with van der Waals surface area (Å²) in [6, 6.07) is 13.3. The van der Waals surface area contributed by atoms with Crippen LogP contribution in [0, 0.1) is 0 Å². The van der Waals surface area contributed by atoms with Crippen LogP contribution in [0.15, 0.2) is 48.7 Å². The van der Waals surface area contributed by atoms with Crippen molar-refractivity contribution < 1.29 is 4.79 Å². The molecule has 3 aromatic rings. The number of nitrogens with one attached hydrogen (secondary N) is 2. The number of aromatic nitrogens is 2. The number of para-hydroxylation sites is 1. The van der Waals surface area contributed by atoms with E-state index < -0.39 is 0 Å². The molecule has 0 aliphatic rings. The smallest absolute Gasteiger partial charge is 0.224 e. The number of aromatic amines is 1. The first-order valence-corrected chi connectivity index (χ1v) is 6.79. The summed E-state index contributed by atoms with van der Waals surface area (Å²) < 4.78 is 0. The molecule has 0 saturated heterocycles. The van der Waals surface area contributed by atoms with E-state index in [9.17, 15) is 4.79 Å². The standard InChI is InChI=1S/C16H16N4O/c17-13-5-2-1-4-11(13)8-9-16(21)19-14-6-3-7-15-12(14)10-18-20-15/h1-7,10H,8-9,17H2,(H,18,20)(H,19,21). The molecule has 0 unspecified atom stereocenters. The number of hydrogen-bond donors (Lipinski definition) is 3. The monoisotopic (exact) mass is 280 g/mol. The summed E-state index contributed by atoms with van der Waals surface area (Å²) in [4.78, 5) is 12.1. The Morgan fingerprint density at radius 3 is 2.90 bits per heavy atom. The molecule has 5 nitrogen and oxygen atoms in total. The summed E-state index contributed by atoms with van der Waals surface area (Å²) in [6.45, 7) is 0. The normalized spacial score (nSPS) is 10.7. The van der Waals surface area contributed by atoms with Crippen LogP contribution in [-0.2, 0) is 11.2 Å². The molecule has 1 amide bonds. The number of fused-ring (bicyclic) bond motifs is 1. The highest BCUT2D eigenvalue weighted by Crippen LogP contribution is 2.21. The van der Waals surface area contributed by atoms with Gasteiger partial charge in [0.25, 0.3) is 0 Å². The molecule has 0 fully saturated rings. The van der Waals surface area contributed by atoms with E-state index in [0.29, 0.717) is 12.8 Å². The van der Waals surface area contributed by atoms with Gasteiger partial charge < -0.3 is 11.1 Å². The summed E-state index contributed by atoms with van der Waals surface area (Å²) in [5, 5.41) is 10.7. The van der Waals surface area contributed by atoms with Crippen LogP contribution in [0.25, 0.3) is 10.9 Å². The number of carbonyl (C=O) groups excluding carboxylic acids is 1. The average molecular weight is 280 g/mol.